The van der Waals surface area contributed by atoms with Gasteiger partial charge in [-0.25, -0.2) is 4.79 Å². The van der Waals surface area contributed by atoms with E-state index in [4.69, 9.17) is 9.47 Å². The summed E-state index contributed by atoms with van der Waals surface area (Å²) in [6, 6.07) is 7.64. The number of rotatable bonds is 8. The van der Waals surface area contributed by atoms with E-state index in [2.05, 4.69) is 5.32 Å². The van der Waals surface area contributed by atoms with Crippen molar-refractivity contribution in [1.29, 1.82) is 5.26 Å². The summed E-state index contributed by atoms with van der Waals surface area (Å²) in [6.45, 7) is 6.06. The molecule has 0 fully saturated rings. The smallest absolute Gasteiger partial charge is 0.416 e. The molecular weight excluding hydrogens is 439 g/mol. The third-order valence-electron chi connectivity index (χ3n) is 4.88. The largest absolute Gasteiger partial charge is 0.448 e. The van der Waals surface area contributed by atoms with Crippen LogP contribution in [0.1, 0.15) is 29.4 Å². The molecule has 0 aliphatic rings. The third-order valence-corrected chi connectivity index (χ3v) is 4.88. The van der Waals surface area contributed by atoms with E-state index >= 15 is 0 Å². The van der Waals surface area contributed by atoms with Gasteiger partial charge in [0.25, 0.3) is 5.91 Å². The summed E-state index contributed by atoms with van der Waals surface area (Å²) in [4.78, 5) is 24.7. The normalized spacial score (nSPS) is 12.7. The Morgan fingerprint density at radius 1 is 1.27 bits per heavy atom. The SMILES string of the molecule is COCCn1c(C)cc(/C=C(\C#N)C(=O)OC(C)C(=O)Nc2cccc(C(F)(F)F)c2)c1C. The van der Waals surface area contributed by atoms with Gasteiger partial charge in [0.05, 0.1) is 12.2 Å². The standard InChI is InChI=1S/C23H24F3N3O4/c1-14-10-17(15(2)29(14)8-9-32-4)11-18(13-27)22(31)33-16(3)21(30)28-20-7-5-6-19(12-20)23(24,25)26/h5-7,10-12,16H,8-9H2,1-4H3,(H,28,30)/b18-11+. The van der Waals surface area contributed by atoms with Crippen LogP contribution >= 0.6 is 0 Å². The van der Waals surface area contributed by atoms with Gasteiger partial charge in [0.15, 0.2) is 6.10 Å². The van der Waals surface area contributed by atoms with Crippen molar-refractivity contribution in [2.24, 2.45) is 0 Å². The van der Waals surface area contributed by atoms with E-state index in [9.17, 15) is 28.0 Å². The highest BCUT2D eigenvalue weighted by molar-refractivity contribution is 6.01. The molecule has 0 saturated heterocycles. The van der Waals surface area contributed by atoms with Gasteiger partial charge in [0, 0.05) is 30.7 Å². The van der Waals surface area contributed by atoms with Crippen LogP contribution in [0.3, 0.4) is 0 Å². The van der Waals surface area contributed by atoms with E-state index in [0.717, 1.165) is 29.6 Å². The molecule has 176 valence electrons. The minimum absolute atomic E-state index is 0.0997. The maximum atomic E-state index is 12.8. The zero-order chi connectivity index (χ0) is 24.8. The van der Waals surface area contributed by atoms with Crippen LogP contribution in [-0.4, -0.2) is 36.3 Å². The number of aromatic nitrogens is 1. The van der Waals surface area contributed by atoms with E-state index < -0.39 is 29.7 Å². The molecule has 1 amide bonds. The first-order valence-corrected chi connectivity index (χ1v) is 9.94. The summed E-state index contributed by atoms with van der Waals surface area (Å²) >= 11 is 0. The van der Waals surface area contributed by atoms with Gasteiger partial charge in [-0.05, 0) is 56.7 Å². The molecule has 0 spiro atoms. The van der Waals surface area contributed by atoms with Crippen LogP contribution in [0.25, 0.3) is 6.08 Å². The number of anilines is 1. The first kappa shape index (κ1) is 25.7. The van der Waals surface area contributed by atoms with E-state index in [1.165, 1.54) is 19.1 Å². The summed E-state index contributed by atoms with van der Waals surface area (Å²) in [5, 5.41) is 11.7. The molecule has 7 nitrogen and oxygen atoms in total. The number of hydrogen-bond acceptors (Lipinski definition) is 5. The summed E-state index contributed by atoms with van der Waals surface area (Å²) in [5.74, 6) is -1.86. The van der Waals surface area contributed by atoms with Gasteiger partial charge in [-0.2, -0.15) is 18.4 Å². The first-order valence-electron chi connectivity index (χ1n) is 9.94. The molecule has 1 N–H and O–H groups in total. The van der Waals surface area contributed by atoms with Crippen LogP contribution < -0.4 is 5.32 Å². The van der Waals surface area contributed by atoms with Crippen LogP contribution in [-0.2, 0) is 31.8 Å². The van der Waals surface area contributed by atoms with Crippen molar-refractivity contribution in [2.75, 3.05) is 19.0 Å². The fourth-order valence-corrected chi connectivity index (χ4v) is 3.09. The lowest BCUT2D eigenvalue weighted by Crippen LogP contribution is -2.30. The predicted molar refractivity (Wildman–Crippen MR) is 115 cm³/mol. The molecule has 1 aromatic carbocycles. The monoisotopic (exact) mass is 463 g/mol. The Morgan fingerprint density at radius 3 is 2.58 bits per heavy atom. The Bertz CT molecular complexity index is 1100. The van der Waals surface area contributed by atoms with Crippen LogP contribution in [0.2, 0.25) is 0 Å². The number of hydrogen-bond donors (Lipinski definition) is 1. The Hall–Kier alpha value is -3.58. The molecule has 0 aliphatic heterocycles. The molecule has 10 heteroatoms. The average Bonchev–Trinajstić information content (AvgIpc) is 3.02. The Morgan fingerprint density at radius 2 is 1.97 bits per heavy atom. The summed E-state index contributed by atoms with van der Waals surface area (Å²) in [7, 11) is 1.59. The van der Waals surface area contributed by atoms with Crippen molar-refractivity contribution < 1.29 is 32.2 Å². The van der Waals surface area contributed by atoms with E-state index in [-0.39, 0.29) is 11.3 Å². The number of esters is 1. The minimum Gasteiger partial charge on any atom is -0.448 e. The molecule has 0 radical (unpaired) electrons. The second kappa shape index (κ2) is 10.8. The number of carbonyl (C=O) groups is 2. The van der Waals surface area contributed by atoms with Crippen molar-refractivity contribution in [3.63, 3.8) is 0 Å². The zero-order valence-corrected chi connectivity index (χ0v) is 18.6. The second-order valence-electron chi connectivity index (χ2n) is 7.26. The van der Waals surface area contributed by atoms with E-state index in [0.29, 0.717) is 18.7 Å². The number of carbonyl (C=O) groups excluding carboxylic acids is 2. The molecule has 1 heterocycles. The van der Waals surface area contributed by atoms with Crippen molar-refractivity contribution in [3.8, 4) is 6.07 Å². The maximum Gasteiger partial charge on any atom is 0.416 e. The Balaban J connectivity index is 2.11. The molecule has 0 saturated carbocycles. The Kier molecular flexibility index (Phi) is 8.43. The number of halogens is 3. The third kappa shape index (κ3) is 6.70. The molecule has 1 unspecified atom stereocenters. The fourth-order valence-electron chi connectivity index (χ4n) is 3.09. The van der Waals surface area contributed by atoms with Crippen LogP contribution in [0.5, 0.6) is 0 Å². The molecule has 2 rings (SSSR count). The highest BCUT2D eigenvalue weighted by Crippen LogP contribution is 2.30. The molecule has 0 aliphatic carbocycles. The van der Waals surface area contributed by atoms with E-state index in [1.807, 2.05) is 18.4 Å². The van der Waals surface area contributed by atoms with Crippen molar-refractivity contribution in [2.45, 2.75) is 39.6 Å². The van der Waals surface area contributed by atoms with Crippen LogP contribution in [0, 0.1) is 25.2 Å². The number of methoxy groups -OCH3 is 1. The fraction of sp³-hybridized carbons (Fsp3) is 0.348. The van der Waals surface area contributed by atoms with Crippen molar-refractivity contribution in [1.82, 2.24) is 4.57 Å². The van der Waals surface area contributed by atoms with Gasteiger partial charge in [-0.15, -0.1) is 0 Å². The average molecular weight is 463 g/mol. The molecule has 0 bridgehead atoms. The van der Waals surface area contributed by atoms with Crippen LogP contribution in [0.4, 0.5) is 18.9 Å². The number of nitriles is 1. The predicted octanol–water partition coefficient (Wildman–Crippen LogP) is 4.25. The van der Waals surface area contributed by atoms with Gasteiger partial charge in [-0.3, -0.25) is 4.79 Å². The quantitative estimate of drug-likeness (QED) is 0.359. The lowest BCUT2D eigenvalue weighted by Gasteiger charge is -2.14. The van der Waals surface area contributed by atoms with Gasteiger partial charge in [-0.1, -0.05) is 6.07 Å². The number of ether oxygens (including phenoxy) is 2. The van der Waals surface area contributed by atoms with Gasteiger partial charge >= 0.3 is 12.1 Å². The number of alkyl halides is 3. The summed E-state index contributed by atoms with van der Waals surface area (Å²) in [5.41, 5.74) is 1.02. The minimum atomic E-state index is -4.57. The highest BCUT2D eigenvalue weighted by atomic mass is 19.4. The Labute approximate surface area is 189 Å². The lowest BCUT2D eigenvalue weighted by molar-refractivity contribution is -0.148. The zero-order valence-electron chi connectivity index (χ0n) is 18.6. The van der Waals surface area contributed by atoms with Gasteiger partial charge in [0.2, 0.25) is 0 Å². The second-order valence-corrected chi connectivity index (χ2v) is 7.26. The number of nitrogens with zero attached hydrogens (tertiary/aromatic N) is 2. The number of benzene rings is 1. The molecule has 33 heavy (non-hydrogen) atoms. The first-order chi connectivity index (χ1) is 15.5. The molecule has 2 aromatic rings. The highest BCUT2D eigenvalue weighted by Gasteiger charge is 2.30. The molecule has 1 atom stereocenters. The summed E-state index contributed by atoms with van der Waals surface area (Å²) < 4.78 is 50.6. The van der Waals surface area contributed by atoms with Crippen molar-refractivity contribution in [3.05, 3.63) is 58.4 Å². The van der Waals surface area contributed by atoms with Crippen LogP contribution in [0.15, 0.2) is 35.9 Å². The maximum absolute atomic E-state index is 12.8. The van der Waals surface area contributed by atoms with Crippen molar-refractivity contribution >= 4 is 23.6 Å². The lowest BCUT2D eigenvalue weighted by atomic mass is 10.1. The summed E-state index contributed by atoms with van der Waals surface area (Å²) in [6.07, 6.45) is -4.55. The number of nitrogens with one attached hydrogen (secondary N) is 1. The number of amides is 1. The van der Waals surface area contributed by atoms with Gasteiger partial charge < -0.3 is 19.4 Å². The number of aryl methyl sites for hydroxylation is 1. The van der Waals surface area contributed by atoms with E-state index in [1.54, 1.807) is 19.2 Å². The molecule has 1 aromatic heterocycles. The topological polar surface area (TPSA) is 93.3 Å². The van der Waals surface area contributed by atoms with Gasteiger partial charge in [0.1, 0.15) is 11.6 Å². The molecular formula is C23H24F3N3O4.